The molecule has 0 aliphatic heterocycles. The van der Waals surface area contributed by atoms with Crippen molar-refractivity contribution >= 4 is 0 Å². The molecule has 0 amide bonds. The van der Waals surface area contributed by atoms with Gasteiger partial charge in [-0.15, -0.1) is 0 Å². The van der Waals surface area contributed by atoms with Gasteiger partial charge in [0.15, 0.2) is 0 Å². The van der Waals surface area contributed by atoms with E-state index in [9.17, 15) is 10.2 Å². The van der Waals surface area contributed by atoms with Crippen molar-refractivity contribution in [1.29, 1.82) is 0 Å². The molecule has 0 aliphatic rings. The standard InChI is InChI=1S/C24H26O2.W/c1-23(2,17-8-12-21(25)13-9-17)19-6-5-7-20(16-19)24(3,4)18-10-14-22(26)15-11-18;/h5-16,25-26H,1-4H3;. The van der Waals surface area contributed by atoms with E-state index in [2.05, 4.69) is 52.0 Å². The maximum atomic E-state index is 9.57. The van der Waals surface area contributed by atoms with Crippen molar-refractivity contribution in [1.82, 2.24) is 0 Å². The summed E-state index contributed by atoms with van der Waals surface area (Å²) in [5, 5.41) is 19.1. The zero-order valence-electron chi connectivity index (χ0n) is 16.2. The van der Waals surface area contributed by atoms with Gasteiger partial charge in [0, 0.05) is 31.9 Å². The monoisotopic (exact) mass is 530 g/mol. The Kier molecular flexibility index (Phi) is 6.22. The van der Waals surface area contributed by atoms with E-state index in [-0.39, 0.29) is 43.4 Å². The fourth-order valence-electron chi connectivity index (χ4n) is 3.39. The molecular formula is C24H26O2W. The summed E-state index contributed by atoms with van der Waals surface area (Å²) < 4.78 is 0. The Morgan fingerprint density at radius 3 is 1.19 bits per heavy atom. The zero-order valence-corrected chi connectivity index (χ0v) is 19.2. The molecule has 2 nitrogen and oxygen atoms in total. The molecule has 0 unspecified atom stereocenters. The van der Waals surface area contributed by atoms with Crippen molar-refractivity contribution in [2.45, 2.75) is 38.5 Å². The summed E-state index contributed by atoms with van der Waals surface area (Å²) in [6.07, 6.45) is 0. The molecule has 3 aromatic carbocycles. The molecule has 0 saturated carbocycles. The van der Waals surface area contributed by atoms with Crippen LogP contribution in [-0.4, -0.2) is 10.2 Å². The number of hydrogen-bond donors (Lipinski definition) is 2. The summed E-state index contributed by atoms with van der Waals surface area (Å²) in [7, 11) is 0. The van der Waals surface area contributed by atoms with Crippen molar-refractivity contribution in [2.24, 2.45) is 0 Å². The van der Waals surface area contributed by atoms with Crippen molar-refractivity contribution < 1.29 is 31.3 Å². The van der Waals surface area contributed by atoms with Crippen molar-refractivity contribution in [3.05, 3.63) is 95.1 Å². The van der Waals surface area contributed by atoms with E-state index in [0.717, 1.165) is 11.1 Å². The SMILES string of the molecule is CC(C)(c1ccc(O)cc1)c1cccc(C(C)(C)c2ccc(O)cc2)c1.[W]. The van der Waals surface area contributed by atoms with E-state index < -0.39 is 0 Å². The Hall–Kier alpha value is -2.05. The van der Waals surface area contributed by atoms with Crippen molar-refractivity contribution in [2.75, 3.05) is 0 Å². The molecular weight excluding hydrogens is 504 g/mol. The van der Waals surface area contributed by atoms with E-state index in [1.165, 1.54) is 11.1 Å². The van der Waals surface area contributed by atoms with Gasteiger partial charge < -0.3 is 10.2 Å². The van der Waals surface area contributed by atoms with Gasteiger partial charge >= 0.3 is 0 Å². The first-order chi connectivity index (χ1) is 12.2. The molecule has 0 saturated heterocycles. The van der Waals surface area contributed by atoms with Crippen molar-refractivity contribution in [3.63, 3.8) is 0 Å². The van der Waals surface area contributed by atoms with Crippen LogP contribution in [0.5, 0.6) is 11.5 Å². The Bertz CT molecular complexity index is 822. The van der Waals surface area contributed by atoms with Crippen LogP contribution in [0.1, 0.15) is 49.9 Å². The molecule has 27 heavy (non-hydrogen) atoms. The molecule has 0 fully saturated rings. The predicted molar refractivity (Wildman–Crippen MR) is 107 cm³/mol. The molecule has 0 radical (unpaired) electrons. The average molecular weight is 530 g/mol. The van der Waals surface area contributed by atoms with Gasteiger partial charge in [-0.1, -0.05) is 76.2 Å². The number of aromatic hydroxyl groups is 2. The molecule has 3 rings (SSSR count). The Morgan fingerprint density at radius 2 is 0.852 bits per heavy atom. The van der Waals surface area contributed by atoms with Crippen LogP contribution < -0.4 is 0 Å². The van der Waals surface area contributed by atoms with Crippen LogP contribution >= 0.6 is 0 Å². The van der Waals surface area contributed by atoms with E-state index in [1.54, 1.807) is 24.3 Å². The first-order valence-corrected chi connectivity index (χ1v) is 8.91. The molecule has 0 atom stereocenters. The normalized spacial score (nSPS) is 11.7. The quantitative estimate of drug-likeness (QED) is 0.452. The Morgan fingerprint density at radius 1 is 0.519 bits per heavy atom. The van der Waals surface area contributed by atoms with Crippen LogP contribution in [0.15, 0.2) is 72.8 Å². The second-order valence-electron chi connectivity index (χ2n) is 7.92. The molecule has 0 spiro atoms. The second kappa shape index (κ2) is 7.90. The summed E-state index contributed by atoms with van der Waals surface area (Å²) in [5.74, 6) is 0.568. The summed E-state index contributed by atoms with van der Waals surface area (Å²) in [6, 6.07) is 23.5. The smallest absolute Gasteiger partial charge is 0.115 e. The van der Waals surface area contributed by atoms with Crippen LogP contribution in [0.3, 0.4) is 0 Å². The topological polar surface area (TPSA) is 40.5 Å². The zero-order chi connectivity index (χ0) is 18.9. The van der Waals surface area contributed by atoms with E-state index >= 15 is 0 Å². The molecule has 0 aromatic heterocycles. The number of phenols is 2. The summed E-state index contributed by atoms with van der Waals surface area (Å²) in [6.45, 7) is 8.80. The maximum absolute atomic E-state index is 9.57. The van der Waals surface area contributed by atoms with Gasteiger partial charge in [-0.05, 0) is 46.5 Å². The van der Waals surface area contributed by atoms with Gasteiger partial charge in [-0.25, -0.2) is 0 Å². The van der Waals surface area contributed by atoms with Gasteiger partial charge in [-0.3, -0.25) is 0 Å². The Labute approximate surface area is 176 Å². The largest absolute Gasteiger partial charge is 0.508 e. The fourth-order valence-corrected chi connectivity index (χ4v) is 3.39. The third kappa shape index (κ3) is 4.27. The third-order valence-corrected chi connectivity index (χ3v) is 5.48. The minimum Gasteiger partial charge on any atom is -0.508 e. The van der Waals surface area contributed by atoms with Crippen LogP contribution in [0.2, 0.25) is 0 Å². The van der Waals surface area contributed by atoms with E-state index in [0.29, 0.717) is 0 Å². The summed E-state index contributed by atoms with van der Waals surface area (Å²) in [4.78, 5) is 0. The van der Waals surface area contributed by atoms with Gasteiger partial charge in [0.05, 0.1) is 0 Å². The second-order valence-corrected chi connectivity index (χ2v) is 7.92. The summed E-state index contributed by atoms with van der Waals surface area (Å²) >= 11 is 0. The molecule has 0 heterocycles. The number of phenolic OH excluding ortho intramolecular Hbond substituents is 2. The van der Waals surface area contributed by atoms with Gasteiger partial charge in [-0.2, -0.15) is 0 Å². The predicted octanol–water partition coefficient (Wildman–Crippen LogP) is 5.75. The molecule has 3 heteroatoms. The Balaban J connectivity index is 0.00000261. The number of rotatable bonds is 4. The third-order valence-electron chi connectivity index (χ3n) is 5.48. The summed E-state index contributed by atoms with van der Waals surface area (Å²) in [5.41, 5.74) is 4.44. The minimum absolute atomic E-state index is 0. The first kappa shape index (κ1) is 21.3. The van der Waals surface area contributed by atoms with Gasteiger partial charge in [0.2, 0.25) is 0 Å². The molecule has 0 aliphatic carbocycles. The van der Waals surface area contributed by atoms with Crippen LogP contribution in [0.25, 0.3) is 0 Å². The molecule has 3 aromatic rings. The van der Waals surface area contributed by atoms with Crippen molar-refractivity contribution in [3.8, 4) is 11.5 Å². The average Bonchev–Trinajstić information content (AvgIpc) is 2.62. The van der Waals surface area contributed by atoms with Crippen LogP contribution in [0.4, 0.5) is 0 Å². The van der Waals surface area contributed by atoms with E-state index in [4.69, 9.17) is 0 Å². The molecule has 2 N–H and O–H groups in total. The first-order valence-electron chi connectivity index (χ1n) is 8.91. The van der Waals surface area contributed by atoms with Crippen LogP contribution in [-0.2, 0) is 31.9 Å². The van der Waals surface area contributed by atoms with Crippen LogP contribution in [0, 0.1) is 0 Å². The molecule has 0 bridgehead atoms. The van der Waals surface area contributed by atoms with Gasteiger partial charge in [0.1, 0.15) is 11.5 Å². The minimum atomic E-state index is -0.172. The maximum Gasteiger partial charge on any atom is 0.115 e. The number of hydrogen-bond acceptors (Lipinski definition) is 2. The van der Waals surface area contributed by atoms with Gasteiger partial charge in [0.25, 0.3) is 0 Å². The molecule has 140 valence electrons. The number of benzene rings is 3. The fraction of sp³-hybridized carbons (Fsp3) is 0.250. The van der Waals surface area contributed by atoms with E-state index in [1.807, 2.05) is 24.3 Å².